The lowest BCUT2D eigenvalue weighted by molar-refractivity contribution is 0.414. The molecule has 0 radical (unpaired) electrons. The molecule has 1 aliphatic heterocycles. The molecular formula is C14H16N4OS. The number of hydrogen-bond acceptors (Lipinski definition) is 5. The highest BCUT2D eigenvalue weighted by molar-refractivity contribution is 8.00. The summed E-state index contributed by atoms with van der Waals surface area (Å²) in [5.74, 6) is 1.72. The van der Waals surface area contributed by atoms with Gasteiger partial charge in [0.05, 0.1) is 7.11 Å². The molecule has 2 heterocycles. The number of benzene rings is 1. The third-order valence-corrected chi connectivity index (χ3v) is 4.49. The van der Waals surface area contributed by atoms with Crippen LogP contribution in [-0.2, 0) is 6.42 Å². The van der Waals surface area contributed by atoms with Gasteiger partial charge in [-0.25, -0.2) is 0 Å². The molecule has 0 spiro atoms. The van der Waals surface area contributed by atoms with Gasteiger partial charge in [-0.2, -0.15) is 9.78 Å². The van der Waals surface area contributed by atoms with Crippen molar-refractivity contribution in [2.24, 2.45) is 5.10 Å². The van der Waals surface area contributed by atoms with Crippen LogP contribution in [0.3, 0.4) is 0 Å². The highest BCUT2D eigenvalue weighted by Gasteiger charge is 2.22. The summed E-state index contributed by atoms with van der Waals surface area (Å²) in [6.45, 7) is 4.17. The zero-order valence-corrected chi connectivity index (χ0v) is 12.5. The Kier molecular flexibility index (Phi) is 3.48. The number of fused-ring (bicyclic) bond motifs is 1. The van der Waals surface area contributed by atoms with Crippen molar-refractivity contribution in [1.82, 2.24) is 14.9 Å². The lowest BCUT2D eigenvalue weighted by atomic mass is 10.1. The van der Waals surface area contributed by atoms with Gasteiger partial charge in [0.2, 0.25) is 5.16 Å². The number of aromatic nitrogens is 3. The first-order valence-corrected chi connectivity index (χ1v) is 7.34. The van der Waals surface area contributed by atoms with Gasteiger partial charge in [0.15, 0.2) is 5.82 Å². The molecular weight excluding hydrogens is 272 g/mol. The van der Waals surface area contributed by atoms with Crippen molar-refractivity contribution in [3.63, 3.8) is 0 Å². The molecule has 104 valence electrons. The fourth-order valence-electron chi connectivity index (χ4n) is 1.99. The van der Waals surface area contributed by atoms with Crippen LogP contribution in [0.2, 0.25) is 0 Å². The Hall–Kier alpha value is -1.82. The Morgan fingerprint density at radius 3 is 2.70 bits per heavy atom. The molecule has 0 aliphatic carbocycles. The molecule has 5 nitrogen and oxygen atoms in total. The molecule has 0 bridgehead atoms. The molecule has 2 aromatic rings. The minimum absolute atomic E-state index is 0.362. The van der Waals surface area contributed by atoms with E-state index in [0.29, 0.717) is 11.7 Å². The van der Waals surface area contributed by atoms with E-state index >= 15 is 0 Å². The van der Waals surface area contributed by atoms with E-state index in [-0.39, 0.29) is 0 Å². The van der Waals surface area contributed by atoms with Crippen molar-refractivity contribution >= 4 is 17.5 Å². The second kappa shape index (κ2) is 5.28. The van der Waals surface area contributed by atoms with E-state index in [1.165, 1.54) is 0 Å². The standard InChI is InChI=1S/C14H16N4OS/c1-9-10(2)20-14-16-15-13(18(14)17-9)8-11-4-6-12(19-3)7-5-11/h4-7,10H,8H2,1-3H3. The molecule has 1 atom stereocenters. The first kappa shape index (κ1) is 13.2. The Morgan fingerprint density at radius 1 is 1.25 bits per heavy atom. The van der Waals surface area contributed by atoms with Gasteiger partial charge in [0.25, 0.3) is 0 Å². The Balaban J connectivity index is 1.86. The highest BCUT2D eigenvalue weighted by Crippen LogP contribution is 2.28. The summed E-state index contributed by atoms with van der Waals surface area (Å²) < 4.78 is 7.01. The first-order valence-electron chi connectivity index (χ1n) is 6.46. The Bertz CT molecular complexity index is 648. The third-order valence-electron chi connectivity index (χ3n) is 3.33. The lowest BCUT2D eigenvalue weighted by Crippen LogP contribution is -2.18. The zero-order valence-electron chi connectivity index (χ0n) is 11.7. The van der Waals surface area contributed by atoms with Gasteiger partial charge in [-0.3, -0.25) is 0 Å². The maximum atomic E-state index is 5.16. The fraction of sp³-hybridized carbons (Fsp3) is 0.357. The second-order valence-corrected chi connectivity index (χ2v) is 6.04. The van der Waals surface area contributed by atoms with Gasteiger partial charge in [-0.1, -0.05) is 23.9 Å². The molecule has 0 fully saturated rings. The average Bonchev–Trinajstić information content (AvgIpc) is 2.83. The number of ether oxygens (including phenoxy) is 1. The van der Waals surface area contributed by atoms with Crippen LogP contribution in [0.4, 0.5) is 0 Å². The highest BCUT2D eigenvalue weighted by atomic mass is 32.2. The van der Waals surface area contributed by atoms with Gasteiger partial charge < -0.3 is 4.74 Å². The summed E-state index contributed by atoms with van der Waals surface area (Å²) in [7, 11) is 1.67. The maximum Gasteiger partial charge on any atom is 0.212 e. The number of nitrogens with zero attached hydrogens (tertiary/aromatic N) is 4. The quantitative estimate of drug-likeness (QED) is 0.871. The zero-order chi connectivity index (χ0) is 14.1. The SMILES string of the molecule is COc1ccc(Cc2nnc3n2N=C(C)C(C)S3)cc1. The fourth-order valence-corrected chi connectivity index (χ4v) is 2.86. The molecule has 6 heteroatoms. The molecule has 1 aromatic heterocycles. The van der Waals surface area contributed by atoms with Gasteiger partial charge >= 0.3 is 0 Å². The van der Waals surface area contributed by atoms with E-state index in [9.17, 15) is 0 Å². The summed E-state index contributed by atoms with van der Waals surface area (Å²) in [5, 5.41) is 14.3. The summed E-state index contributed by atoms with van der Waals surface area (Å²) in [6.07, 6.45) is 0.711. The van der Waals surface area contributed by atoms with Gasteiger partial charge in [-0.15, -0.1) is 10.2 Å². The topological polar surface area (TPSA) is 52.3 Å². The molecule has 0 saturated carbocycles. The lowest BCUT2D eigenvalue weighted by Gasteiger charge is -2.16. The summed E-state index contributed by atoms with van der Waals surface area (Å²) in [5.41, 5.74) is 2.26. The predicted octanol–water partition coefficient (Wildman–Crippen LogP) is 2.60. The van der Waals surface area contributed by atoms with Gasteiger partial charge in [-0.05, 0) is 31.5 Å². The molecule has 0 N–H and O–H groups in total. The number of methoxy groups -OCH3 is 1. The largest absolute Gasteiger partial charge is 0.497 e. The molecule has 0 amide bonds. The van der Waals surface area contributed by atoms with E-state index in [1.54, 1.807) is 18.9 Å². The third kappa shape index (κ3) is 2.43. The van der Waals surface area contributed by atoms with Gasteiger partial charge in [0.1, 0.15) is 5.75 Å². The smallest absolute Gasteiger partial charge is 0.212 e. The van der Waals surface area contributed by atoms with Crippen LogP contribution in [0, 0.1) is 0 Å². The van der Waals surface area contributed by atoms with Crippen molar-refractivity contribution in [2.75, 3.05) is 7.11 Å². The van der Waals surface area contributed by atoms with Crippen molar-refractivity contribution in [3.05, 3.63) is 35.7 Å². The van der Waals surface area contributed by atoms with E-state index in [0.717, 1.165) is 28.0 Å². The monoisotopic (exact) mass is 288 g/mol. The Labute approximate surface area is 122 Å². The summed E-state index contributed by atoms with van der Waals surface area (Å²) >= 11 is 1.70. The summed E-state index contributed by atoms with van der Waals surface area (Å²) in [4.78, 5) is 0. The van der Waals surface area contributed by atoms with Crippen LogP contribution in [0.25, 0.3) is 0 Å². The van der Waals surface area contributed by atoms with Crippen molar-refractivity contribution in [3.8, 4) is 5.75 Å². The molecule has 1 aliphatic rings. The number of thioether (sulfide) groups is 1. The number of hydrogen-bond donors (Lipinski definition) is 0. The van der Waals surface area contributed by atoms with E-state index < -0.39 is 0 Å². The second-order valence-electron chi connectivity index (χ2n) is 4.74. The number of rotatable bonds is 3. The van der Waals surface area contributed by atoms with Crippen LogP contribution in [0.5, 0.6) is 5.75 Å². The predicted molar refractivity (Wildman–Crippen MR) is 79.6 cm³/mol. The molecule has 3 rings (SSSR count). The Morgan fingerprint density at radius 2 is 2.00 bits per heavy atom. The summed E-state index contributed by atoms with van der Waals surface area (Å²) in [6, 6.07) is 7.98. The molecule has 1 aromatic carbocycles. The van der Waals surface area contributed by atoms with Crippen molar-refractivity contribution < 1.29 is 4.74 Å². The molecule has 20 heavy (non-hydrogen) atoms. The van der Waals surface area contributed by atoms with Crippen LogP contribution in [0.15, 0.2) is 34.5 Å². The first-order chi connectivity index (χ1) is 9.67. The van der Waals surface area contributed by atoms with Crippen LogP contribution in [0.1, 0.15) is 25.2 Å². The van der Waals surface area contributed by atoms with Crippen LogP contribution in [-0.4, -0.2) is 32.9 Å². The molecule has 0 saturated heterocycles. The van der Waals surface area contributed by atoms with Crippen LogP contribution < -0.4 is 4.74 Å². The average molecular weight is 288 g/mol. The van der Waals surface area contributed by atoms with Gasteiger partial charge in [0, 0.05) is 17.4 Å². The maximum absolute atomic E-state index is 5.16. The van der Waals surface area contributed by atoms with Crippen LogP contribution >= 0.6 is 11.8 Å². The minimum atomic E-state index is 0.362. The van der Waals surface area contributed by atoms with E-state index in [4.69, 9.17) is 4.74 Å². The van der Waals surface area contributed by atoms with E-state index in [1.807, 2.05) is 35.9 Å². The normalized spacial score (nSPS) is 17.6. The minimum Gasteiger partial charge on any atom is -0.497 e. The van der Waals surface area contributed by atoms with Crippen molar-refractivity contribution in [1.29, 1.82) is 0 Å². The molecule has 1 unspecified atom stereocenters. The van der Waals surface area contributed by atoms with Crippen molar-refractivity contribution in [2.45, 2.75) is 30.7 Å². The van der Waals surface area contributed by atoms with E-state index in [2.05, 4.69) is 22.2 Å².